The Morgan fingerprint density at radius 1 is 1.23 bits per heavy atom. The summed E-state index contributed by atoms with van der Waals surface area (Å²) >= 11 is 14.2. The molecule has 22 heavy (non-hydrogen) atoms. The summed E-state index contributed by atoms with van der Waals surface area (Å²) in [5, 5.41) is 13.1. The number of hydrogen-bond acceptors (Lipinski definition) is 3. The van der Waals surface area contributed by atoms with Crippen LogP contribution in [0.3, 0.4) is 0 Å². The van der Waals surface area contributed by atoms with Crippen molar-refractivity contribution in [3.63, 3.8) is 0 Å². The Kier molecular flexibility index (Phi) is 6.02. The maximum Gasteiger partial charge on any atom is 0.255 e. The summed E-state index contributed by atoms with van der Waals surface area (Å²) in [6, 6.07) is 6.96. The van der Waals surface area contributed by atoms with E-state index in [9.17, 15) is 9.90 Å². The summed E-state index contributed by atoms with van der Waals surface area (Å²) in [7, 11) is 0. The first-order valence-corrected chi connectivity index (χ1v) is 8.27. The second kappa shape index (κ2) is 7.59. The smallest absolute Gasteiger partial charge is 0.255 e. The van der Waals surface area contributed by atoms with Crippen molar-refractivity contribution in [1.82, 2.24) is 10.3 Å². The van der Waals surface area contributed by atoms with Crippen molar-refractivity contribution in [1.29, 1.82) is 0 Å². The van der Waals surface area contributed by atoms with E-state index in [1.54, 1.807) is 6.92 Å². The molecule has 1 heterocycles. The average Bonchev–Trinajstić information content (AvgIpc) is 2.45. The topological polar surface area (TPSA) is 62.2 Å². The Morgan fingerprint density at radius 2 is 1.77 bits per heavy atom. The van der Waals surface area contributed by atoms with Crippen LogP contribution in [0.1, 0.15) is 28.9 Å². The minimum absolute atomic E-state index is 0.148. The number of amides is 1. The first kappa shape index (κ1) is 17.5. The van der Waals surface area contributed by atoms with Crippen molar-refractivity contribution in [2.75, 3.05) is 0 Å². The zero-order chi connectivity index (χ0) is 16.3. The number of aliphatic hydroxyl groups is 1. The van der Waals surface area contributed by atoms with Gasteiger partial charge in [0.1, 0.15) is 0 Å². The van der Waals surface area contributed by atoms with E-state index in [1.807, 2.05) is 24.3 Å². The van der Waals surface area contributed by atoms with Gasteiger partial charge in [-0.25, -0.2) is 0 Å². The number of aromatic nitrogens is 1. The Bertz CT molecular complexity index is 657. The minimum atomic E-state index is -0.775. The largest absolute Gasteiger partial charge is 0.391 e. The number of nitrogens with zero attached hydrogens (tertiary/aromatic N) is 1. The fourth-order valence-corrected chi connectivity index (χ4v) is 2.89. The summed E-state index contributed by atoms with van der Waals surface area (Å²) in [6.45, 7) is 1.61. The minimum Gasteiger partial charge on any atom is -0.391 e. The van der Waals surface area contributed by atoms with Gasteiger partial charge in [0.05, 0.1) is 27.8 Å². The van der Waals surface area contributed by atoms with Crippen LogP contribution in [0, 0.1) is 3.57 Å². The molecule has 7 heteroatoms. The zero-order valence-electron chi connectivity index (χ0n) is 11.6. The summed E-state index contributed by atoms with van der Waals surface area (Å²) in [4.78, 5) is 16.2. The second-order valence-electron chi connectivity index (χ2n) is 4.72. The van der Waals surface area contributed by atoms with E-state index in [1.165, 1.54) is 12.4 Å². The van der Waals surface area contributed by atoms with Crippen molar-refractivity contribution in [2.24, 2.45) is 0 Å². The van der Waals surface area contributed by atoms with Crippen LogP contribution in [0.25, 0.3) is 0 Å². The van der Waals surface area contributed by atoms with E-state index in [0.29, 0.717) is 0 Å². The third-order valence-electron chi connectivity index (χ3n) is 3.08. The predicted octanol–water partition coefficient (Wildman–Crippen LogP) is 3.84. The van der Waals surface area contributed by atoms with E-state index in [-0.39, 0.29) is 15.6 Å². The van der Waals surface area contributed by atoms with Gasteiger partial charge in [0.15, 0.2) is 0 Å². The van der Waals surface area contributed by atoms with Gasteiger partial charge >= 0.3 is 0 Å². The lowest BCUT2D eigenvalue weighted by Gasteiger charge is -2.22. The average molecular weight is 451 g/mol. The molecule has 2 rings (SSSR count). The summed E-state index contributed by atoms with van der Waals surface area (Å²) in [5.41, 5.74) is 0.944. The highest BCUT2D eigenvalue weighted by Gasteiger charge is 2.23. The molecule has 2 atom stereocenters. The maximum atomic E-state index is 12.4. The molecule has 2 unspecified atom stereocenters. The summed E-state index contributed by atoms with van der Waals surface area (Å²) in [5.74, 6) is -0.457. The van der Waals surface area contributed by atoms with Crippen LogP contribution in [0.2, 0.25) is 10.0 Å². The van der Waals surface area contributed by atoms with Crippen molar-refractivity contribution in [2.45, 2.75) is 19.1 Å². The van der Waals surface area contributed by atoms with Gasteiger partial charge in [0, 0.05) is 16.0 Å². The van der Waals surface area contributed by atoms with Crippen LogP contribution in [0.4, 0.5) is 0 Å². The van der Waals surface area contributed by atoms with Crippen molar-refractivity contribution in [3.05, 3.63) is 61.4 Å². The Morgan fingerprint density at radius 3 is 2.27 bits per heavy atom. The third-order valence-corrected chi connectivity index (χ3v) is 4.37. The molecule has 0 saturated heterocycles. The number of pyridine rings is 1. The molecule has 0 aliphatic rings. The van der Waals surface area contributed by atoms with Gasteiger partial charge < -0.3 is 10.4 Å². The molecular weight excluding hydrogens is 438 g/mol. The lowest BCUT2D eigenvalue weighted by molar-refractivity contribution is 0.0858. The van der Waals surface area contributed by atoms with E-state index < -0.39 is 18.1 Å². The van der Waals surface area contributed by atoms with Crippen LogP contribution in [-0.4, -0.2) is 22.1 Å². The first-order valence-electron chi connectivity index (χ1n) is 6.43. The van der Waals surface area contributed by atoms with Gasteiger partial charge in [-0.2, -0.15) is 0 Å². The van der Waals surface area contributed by atoms with Gasteiger partial charge in [-0.1, -0.05) is 35.3 Å². The number of carbonyl (C=O) groups excluding carboxylic acids is 1. The third kappa shape index (κ3) is 4.10. The zero-order valence-corrected chi connectivity index (χ0v) is 15.2. The Hall–Kier alpha value is -0.890. The molecule has 0 aliphatic carbocycles. The lowest BCUT2D eigenvalue weighted by atomic mass is 10.0. The molecule has 0 bridgehead atoms. The summed E-state index contributed by atoms with van der Waals surface area (Å²) in [6.07, 6.45) is 1.93. The second-order valence-corrected chi connectivity index (χ2v) is 6.78. The maximum absolute atomic E-state index is 12.4. The molecule has 0 spiro atoms. The van der Waals surface area contributed by atoms with Gasteiger partial charge in [-0.05, 0) is 47.2 Å². The van der Waals surface area contributed by atoms with Gasteiger partial charge in [-0.15, -0.1) is 0 Å². The molecular formula is C15H13Cl2IN2O2. The van der Waals surface area contributed by atoms with Crippen LogP contribution in [-0.2, 0) is 0 Å². The monoisotopic (exact) mass is 450 g/mol. The molecule has 2 N–H and O–H groups in total. The van der Waals surface area contributed by atoms with Crippen molar-refractivity contribution in [3.8, 4) is 0 Å². The van der Waals surface area contributed by atoms with E-state index in [0.717, 1.165) is 9.13 Å². The van der Waals surface area contributed by atoms with E-state index >= 15 is 0 Å². The highest BCUT2D eigenvalue weighted by Crippen LogP contribution is 2.25. The molecule has 1 aromatic heterocycles. The number of carbonyl (C=O) groups is 1. The SMILES string of the molecule is CC(O)C(NC(=O)c1c(Cl)cncc1Cl)c1ccc(I)cc1. The van der Waals surface area contributed by atoms with Crippen molar-refractivity contribution >= 4 is 51.7 Å². The number of aliphatic hydroxyl groups excluding tert-OH is 1. The van der Waals surface area contributed by atoms with Crippen LogP contribution in [0.5, 0.6) is 0 Å². The summed E-state index contributed by atoms with van der Waals surface area (Å²) < 4.78 is 1.07. The normalized spacial score (nSPS) is 13.5. The molecule has 1 aromatic carbocycles. The van der Waals surface area contributed by atoms with Gasteiger partial charge in [0.2, 0.25) is 0 Å². The van der Waals surface area contributed by atoms with Crippen LogP contribution >= 0.6 is 45.8 Å². The van der Waals surface area contributed by atoms with E-state index in [2.05, 4.69) is 32.9 Å². The van der Waals surface area contributed by atoms with Crippen LogP contribution in [0.15, 0.2) is 36.7 Å². The molecule has 116 valence electrons. The number of halogens is 3. The standard InChI is InChI=1S/C15H13Cl2IN2O2/c1-8(21)14(9-2-4-10(18)5-3-9)20-15(22)13-11(16)6-19-7-12(13)17/h2-8,14,21H,1H3,(H,20,22). The molecule has 0 aliphatic heterocycles. The number of rotatable bonds is 4. The fourth-order valence-electron chi connectivity index (χ4n) is 1.99. The highest BCUT2D eigenvalue weighted by atomic mass is 127. The highest BCUT2D eigenvalue weighted by molar-refractivity contribution is 14.1. The predicted molar refractivity (Wildman–Crippen MR) is 95.3 cm³/mol. The van der Waals surface area contributed by atoms with E-state index in [4.69, 9.17) is 23.2 Å². The molecule has 0 saturated carbocycles. The van der Waals surface area contributed by atoms with Crippen LogP contribution < -0.4 is 5.32 Å². The molecule has 0 radical (unpaired) electrons. The molecule has 2 aromatic rings. The lowest BCUT2D eigenvalue weighted by Crippen LogP contribution is -2.35. The number of nitrogens with one attached hydrogen (secondary N) is 1. The van der Waals surface area contributed by atoms with Crippen molar-refractivity contribution < 1.29 is 9.90 Å². The number of benzene rings is 1. The fraction of sp³-hybridized carbons (Fsp3) is 0.200. The molecule has 4 nitrogen and oxygen atoms in total. The van der Waals surface area contributed by atoms with Gasteiger partial charge in [0.25, 0.3) is 5.91 Å². The first-order chi connectivity index (χ1) is 10.4. The Labute approximate surface area is 152 Å². The Balaban J connectivity index is 2.28. The molecule has 1 amide bonds. The number of hydrogen-bond donors (Lipinski definition) is 2. The molecule has 0 fully saturated rings. The van der Waals surface area contributed by atoms with Gasteiger partial charge in [-0.3, -0.25) is 9.78 Å². The quantitative estimate of drug-likeness (QED) is 0.695.